The molecule has 0 bridgehead atoms. The molecule has 0 spiro atoms. The molecule has 7 nitrogen and oxygen atoms in total. The maximum absolute atomic E-state index is 13.8. The lowest BCUT2D eigenvalue weighted by molar-refractivity contribution is -0.140. The van der Waals surface area contributed by atoms with Crippen LogP contribution in [0.2, 0.25) is 10.0 Å². The Morgan fingerprint density at radius 2 is 1.72 bits per heavy atom. The predicted molar refractivity (Wildman–Crippen MR) is 147 cm³/mol. The van der Waals surface area contributed by atoms with Crippen molar-refractivity contribution < 1.29 is 18.0 Å². The normalized spacial score (nSPS) is 13.1. The van der Waals surface area contributed by atoms with Gasteiger partial charge in [-0.1, -0.05) is 55.2 Å². The molecule has 0 aromatic heterocycles. The Kier molecular flexibility index (Phi) is 10.6. The van der Waals surface area contributed by atoms with Crippen molar-refractivity contribution in [1.82, 2.24) is 10.2 Å². The lowest BCUT2D eigenvalue weighted by Gasteiger charge is -2.34. The average Bonchev–Trinajstić information content (AvgIpc) is 2.79. The minimum Gasteiger partial charge on any atom is -0.352 e. The molecule has 0 fully saturated rings. The molecule has 2 atom stereocenters. The summed E-state index contributed by atoms with van der Waals surface area (Å²) in [6, 6.07) is 9.32. The lowest BCUT2D eigenvalue weighted by Crippen LogP contribution is -2.53. The molecular formula is C26H35Cl2N3O4S. The first-order chi connectivity index (χ1) is 16.8. The highest BCUT2D eigenvalue weighted by Gasteiger charge is 2.33. The number of anilines is 1. The van der Waals surface area contributed by atoms with Crippen LogP contribution in [0, 0.1) is 13.8 Å². The smallest absolute Gasteiger partial charge is 0.244 e. The monoisotopic (exact) mass is 555 g/mol. The molecule has 0 aliphatic carbocycles. The number of sulfonamides is 1. The number of amides is 2. The number of benzene rings is 2. The summed E-state index contributed by atoms with van der Waals surface area (Å²) < 4.78 is 26.7. The van der Waals surface area contributed by atoms with Gasteiger partial charge >= 0.3 is 0 Å². The summed E-state index contributed by atoms with van der Waals surface area (Å²) >= 11 is 12.4. The van der Waals surface area contributed by atoms with E-state index in [1.807, 2.05) is 40.7 Å². The third-order valence-electron chi connectivity index (χ3n) is 6.27. The van der Waals surface area contributed by atoms with Crippen molar-refractivity contribution in [3.63, 3.8) is 0 Å². The Balaban J connectivity index is 2.52. The largest absolute Gasteiger partial charge is 0.352 e. The number of nitrogens with zero attached hydrogens (tertiary/aromatic N) is 2. The Morgan fingerprint density at radius 1 is 1.06 bits per heavy atom. The highest BCUT2D eigenvalue weighted by atomic mass is 35.5. The minimum absolute atomic E-state index is 0.0195. The number of carbonyl (C=O) groups excluding carboxylic acids is 2. The van der Waals surface area contributed by atoms with Crippen LogP contribution < -0.4 is 9.62 Å². The van der Waals surface area contributed by atoms with E-state index in [9.17, 15) is 18.0 Å². The van der Waals surface area contributed by atoms with Gasteiger partial charge in [-0.2, -0.15) is 0 Å². The molecule has 0 aliphatic rings. The summed E-state index contributed by atoms with van der Waals surface area (Å²) in [7, 11) is -3.81. The second-order valence-corrected chi connectivity index (χ2v) is 11.7. The first-order valence-corrected chi connectivity index (χ1v) is 14.5. The Morgan fingerprint density at radius 3 is 2.28 bits per heavy atom. The van der Waals surface area contributed by atoms with Gasteiger partial charge in [-0.05, 0) is 68.5 Å². The molecule has 2 aromatic rings. The first kappa shape index (κ1) is 29.9. The van der Waals surface area contributed by atoms with E-state index in [1.165, 1.54) is 4.90 Å². The van der Waals surface area contributed by atoms with Crippen LogP contribution in [0.25, 0.3) is 0 Å². The fourth-order valence-corrected chi connectivity index (χ4v) is 5.16. The van der Waals surface area contributed by atoms with Gasteiger partial charge in [0.1, 0.15) is 12.6 Å². The predicted octanol–water partition coefficient (Wildman–Crippen LogP) is 5.10. The van der Waals surface area contributed by atoms with Crippen LogP contribution in [-0.2, 0) is 26.2 Å². The maximum atomic E-state index is 13.8. The van der Waals surface area contributed by atoms with Gasteiger partial charge in [0.05, 0.1) is 11.9 Å². The van der Waals surface area contributed by atoms with Crippen LogP contribution in [0.3, 0.4) is 0 Å². The molecule has 36 heavy (non-hydrogen) atoms. The number of halogens is 2. The van der Waals surface area contributed by atoms with Crippen LogP contribution >= 0.6 is 23.2 Å². The van der Waals surface area contributed by atoms with E-state index in [4.69, 9.17) is 23.2 Å². The van der Waals surface area contributed by atoms with Crippen molar-refractivity contribution in [1.29, 1.82) is 0 Å². The van der Waals surface area contributed by atoms with Gasteiger partial charge in [0.2, 0.25) is 21.8 Å². The second-order valence-electron chi connectivity index (χ2n) is 8.99. The molecule has 2 aromatic carbocycles. The van der Waals surface area contributed by atoms with Crippen molar-refractivity contribution in [2.75, 3.05) is 17.1 Å². The van der Waals surface area contributed by atoms with Gasteiger partial charge in [-0.25, -0.2) is 8.42 Å². The van der Waals surface area contributed by atoms with Gasteiger partial charge in [0, 0.05) is 22.6 Å². The zero-order valence-electron chi connectivity index (χ0n) is 21.6. The van der Waals surface area contributed by atoms with Crippen LogP contribution in [0.15, 0.2) is 36.4 Å². The van der Waals surface area contributed by atoms with E-state index in [2.05, 4.69) is 5.32 Å². The van der Waals surface area contributed by atoms with Crippen LogP contribution in [0.1, 0.15) is 50.3 Å². The molecule has 0 heterocycles. The zero-order chi connectivity index (χ0) is 27.2. The third kappa shape index (κ3) is 7.60. The summed E-state index contributed by atoms with van der Waals surface area (Å²) in [4.78, 5) is 28.4. The molecular weight excluding hydrogens is 521 g/mol. The average molecular weight is 557 g/mol. The van der Waals surface area contributed by atoms with Crippen molar-refractivity contribution in [3.05, 3.63) is 63.1 Å². The van der Waals surface area contributed by atoms with Crippen molar-refractivity contribution in [3.8, 4) is 0 Å². The number of rotatable bonds is 11. The fraction of sp³-hybridized carbons (Fsp3) is 0.462. The van der Waals surface area contributed by atoms with Gasteiger partial charge in [0.25, 0.3) is 0 Å². The highest BCUT2D eigenvalue weighted by molar-refractivity contribution is 7.92. The Bertz CT molecular complexity index is 1200. The topological polar surface area (TPSA) is 86.8 Å². The number of carbonyl (C=O) groups is 2. The zero-order valence-corrected chi connectivity index (χ0v) is 24.0. The minimum atomic E-state index is -3.81. The van der Waals surface area contributed by atoms with E-state index in [0.29, 0.717) is 27.7 Å². The molecule has 0 radical (unpaired) electrons. The number of hydrogen-bond donors (Lipinski definition) is 1. The number of hydrogen-bond acceptors (Lipinski definition) is 4. The van der Waals surface area contributed by atoms with Gasteiger partial charge in [-0.15, -0.1) is 0 Å². The highest BCUT2D eigenvalue weighted by Crippen LogP contribution is 2.27. The molecule has 198 valence electrons. The third-order valence-corrected chi connectivity index (χ3v) is 7.98. The first-order valence-electron chi connectivity index (χ1n) is 11.9. The van der Waals surface area contributed by atoms with E-state index in [1.54, 1.807) is 30.3 Å². The molecule has 2 amide bonds. The summed E-state index contributed by atoms with van der Waals surface area (Å²) in [6.07, 6.45) is 2.13. The molecule has 2 rings (SSSR count). The van der Waals surface area contributed by atoms with Gasteiger partial charge < -0.3 is 10.2 Å². The molecule has 0 saturated heterocycles. The summed E-state index contributed by atoms with van der Waals surface area (Å²) in [5.74, 6) is -0.818. The van der Waals surface area contributed by atoms with Crippen molar-refractivity contribution in [2.45, 2.75) is 66.1 Å². The quantitative estimate of drug-likeness (QED) is 0.418. The molecule has 1 N–H and O–H groups in total. The summed E-state index contributed by atoms with van der Waals surface area (Å²) in [6.45, 7) is 8.90. The Labute approximate surface area is 224 Å². The maximum Gasteiger partial charge on any atom is 0.244 e. The van der Waals surface area contributed by atoms with Crippen LogP contribution in [-0.4, -0.2) is 50.0 Å². The Hall–Kier alpha value is -2.29. The van der Waals surface area contributed by atoms with Crippen molar-refractivity contribution >= 4 is 50.7 Å². The SMILES string of the molecule is CC[C@@H](C)NC(=O)[C@@H](CC)N(Cc1ccc(Cl)cc1Cl)C(=O)CN(c1cccc(C)c1C)S(C)(=O)=O. The summed E-state index contributed by atoms with van der Waals surface area (Å²) in [5.41, 5.74) is 2.68. The summed E-state index contributed by atoms with van der Waals surface area (Å²) in [5, 5.41) is 3.74. The van der Waals surface area contributed by atoms with E-state index >= 15 is 0 Å². The fourth-order valence-electron chi connectivity index (χ4n) is 3.79. The lowest BCUT2D eigenvalue weighted by atomic mass is 10.1. The molecule has 10 heteroatoms. The molecule has 0 saturated carbocycles. The van der Waals surface area contributed by atoms with E-state index in [0.717, 1.165) is 28.1 Å². The number of aryl methyl sites for hydroxylation is 1. The van der Waals surface area contributed by atoms with Crippen LogP contribution in [0.4, 0.5) is 5.69 Å². The van der Waals surface area contributed by atoms with Crippen molar-refractivity contribution in [2.24, 2.45) is 0 Å². The van der Waals surface area contributed by atoms with E-state index < -0.39 is 28.5 Å². The second kappa shape index (κ2) is 12.8. The van der Waals surface area contributed by atoms with Crippen LogP contribution in [0.5, 0.6) is 0 Å². The standard InChI is InChI=1S/C26H35Cl2N3O4S/c1-7-18(4)29-26(33)23(8-2)30(15-20-12-13-21(27)14-22(20)28)25(32)16-31(36(6,34)35)24-11-9-10-17(3)19(24)5/h9-14,18,23H,7-8,15-16H2,1-6H3,(H,29,33)/t18-,23-/m1/s1. The molecule has 0 unspecified atom stereocenters. The van der Waals surface area contributed by atoms with E-state index in [-0.39, 0.29) is 18.5 Å². The van der Waals surface area contributed by atoms with Gasteiger partial charge in [-0.3, -0.25) is 13.9 Å². The number of nitrogens with one attached hydrogen (secondary N) is 1. The van der Waals surface area contributed by atoms with Gasteiger partial charge in [0.15, 0.2) is 0 Å². The molecule has 0 aliphatic heterocycles.